The van der Waals surface area contributed by atoms with Gasteiger partial charge in [0.25, 0.3) is 0 Å². The van der Waals surface area contributed by atoms with Gasteiger partial charge in [0.15, 0.2) is 0 Å². The van der Waals surface area contributed by atoms with Crippen LogP contribution >= 0.6 is 11.6 Å². The first-order valence-electron chi connectivity index (χ1n) is 10.5. The van der Waals surface area contributed by atoms with Crippen molar-refractivity contribution in [1.82, 2.24) is 5.32 Å². The number of fused-ring (bicyclic) bond motifs is 1. The molecule has 0 heterocycles. The quantitative estimate of drug-likeness (QED) is 0.552. The van der Waals surface area contributed by atoms with Crippen LogP contribution in [0.25, 0.3) is 0 Å². The van der Waals surface area contributed by atoms with Crippen molar-refractivity contribution in [2.45, 2.75) is 65.1 Å². The summed E-state index contributed by atoms with van der Waals surface area (Å²) in [6.45, 7) is 8.38. The number of carboxylic acid groups (broad SMARTS) is 1. The number of hydrogen-bond acceptors (Lipinski definition) is 4. The van der Waals surface area contributed by atoms with Crippen molar-refractivity contribution in [1.29, 1.82) is 0 Å². The molecule has 0 aliphatic heterocycles. The molecule has 1 aliphatic rings. The molecule has 0 unspecified atom stereocenters. The molecule has 2 N–H and O–H groups in total. The Hall–Kier alpha value is -2.24. The molecule has 3 rings (SSSR count). The molecule has 0 spiro atoms. The zero-order chi connectivity index (χ0) is 21.9. The smallest absolute Gasteiger partial charge is 0.323 e. The second-order valence-electron chi connectivity index (χ2n) is 7.96. The number of rotatable bonds is 9. The number of benzene rings is 2. The van der Waals surface area contributed by atoms with Gasteiger partial charge in [0, 0.05) is 18.2 Å². The number of aliphatic carboxylic acids is 1. The Labute approximate surface area is 183 Å². The van der Waals surface area contributed by atoms with Crippen LogP contribution in [-0.4, -0.2) is 23.2 Å². The van der Waals surface area contributed by atoms with Gasteiger partial charge in [-0.25, -0.2) is 0 Å². The lowest BCUT2D eigenvalue weighted by molar-refractivity contribution is -0.144. The van der Waals surface area contributed by atoms with Gasteiger partial charge in [-0.1, -0.05) is 36.7 Å². The maximum atomic E-state index is 11.6. The first kappa shape index (κ1) is 22.4. The molecule has 0 amide bonds. The predicted octanol–water partition coefficient (Wildman–Crippen LogP) is 5.46. The van der Waals surface area contributed by atoms with Gasteiger partial charge in [-0.2, -0.15) is 0 Å². The predicted molar refractivity (Wildman–Crippen MR) is 119 cm³/mol. The lowest BCUT2D eigenvalue weighted by Crippen LogP contribution is -2.48. The number of carboxylic acids is 1. The summed E-state index contributed by atoms with van der Waals surface area (Å²) in [6, 6.07) is 9.93. The van der Waals surface area contributed by atoms with Crippen LogP contribution < -0.4 is 14.8 Å². The molecule has 5 nitrogen and oxygen atoms in total. The summed E-state index contributed by atoms with van der Waals surface area (Å²) in [5.41, 5.74) is 3.65. The zero-order valence-corrected chi connectivity index (χ0v) is 18.8. The Morgan fingerprint density at radius 1 is 1.30 bits per heavy atom. The zero-order valence-electron chi connectivity index (χ0n) is 18.0. The monoisotopic (exact) mass is 431 g/mol. The highest BCUT2D eigenvalue weighted by Gasteiger charge is 2.31. The molecule has 1 aliphatic carbocycles. The fourth-order valence-electron chi connectivity index (χ4n) is 3.81. The highest BCUT2D eigenvalue weighted by molar-refractivity contribution is 6.32. The minimum absolute atomic E-state index is 0.0359. The van der Waals surface area contributed by atoms with Crippen LogP contribution in [0.5, 0.6) is 11.5 Å². The van der Waals surface area contributed by atoms with Crippen molar-refractivity contribution < 1.29 is 19.4 Å². The van der Waals surface area contributed by atoms with Gasteiger partial charge in [0.1, 0.15) is 23.1 Å². The van der Waals surface area contributed by atoms with E-state index in [1.54, 1.807) is 13.0 Å². The third kappa shape index (κ3) is 4.57. The van der Waals surface area contributed by atoms with E-state index in [4.69, 9.17) is 21.1 Å². The molecule has 6 heteroatoms. The Morgan fingerprint density at radius 3 is 2.73 bits per heavy atom. The summed E-state index contributed by atoms with van der Waals surface area (Å²) < 4.78 is 12.1. The van der Waals surface area contributed by atoms with Gasteiger partial charge in [-0.3, -0.25) is 10.1 Å². The third-order valence-corrected chi connectivity index (χ3v) is 6.28. The molecule has 2 aromatic rings. The van der Waals surface area contributed by atoms with E-state index >= 15 is 0 Å². The molecule has 2 aromatic carbocycles. The van der Waals surface area contributed by atoms with E-state index in [9.17, 15) is 9.90 Å². The number of ether oxygens (including phenoxy) is 2. The average molecular weight is 432 g/mol. The SMILES string of the molecule is CCOc1cc(O[C@H]2CCc3c(C)cccc32)c(Cl)cc1CN[C@@](C)(CC)C(=O)O. The third-order valence-electron chi connectivity index (χ3n) is 5.98. The van der Waals surface area contributed by atoms with E-state index < -0.39 is 11.5 Å². The Balaban J connectivity index is 1.84. The molecule has 30 heavy (non-hydrogen) atoms. The summed E-state index contributed by atoms with van der Waals surface area (Å²) >= 11 is 6.56. The van der Waals surface area contributed by atoms with Crippen LogP contribution in [0.4, 0.5) is 0 Å². The fourth-order valence-corrected chi connectivity index (χ4v) is 4.04. The summed E-state index contributed by atoms with van der Waals surface area (Å²) in [5, 5.41) is 13.1. The molecular weight excluding hydrogens is 402 g/mol. The molecule has 0 aromatic heterocycles. The fraction of sp³-hybridized carbons (Fsp3) is 0.458. The number of nitrogens with one attached hydrogen (secondary N) is 1. The molecule has 162 valence electrons. The van der Waals surface area contributed by atoms with Crippen LogP contribution in [0.1, 0.15) is 62.0 Å². The summed E-state index contributed by atoms with van der Waals surface area (Å²) in [4.78, 5) is 11.6. The largest absolute Gasteiger partial charge is 0.493 e. The lowest BCUT2D eigenvalue weighted by Gasteiger charge is -2.26. The van der Waals surface area contributed by atoms with Gasteiger partial charge in [-0.05, 0) is 62.8 Å². The van der Waals surface area contributed by atoms with Crippen molar-refractivity contribution in [3.63, 3.8) is 0 Å². The lowest BCUT2D eigenvalue weighted by atomic mass is 9.98. The van der Waals surface area contributed by atoms with Gasteiger partial charge in [0.05, 0.1) is 11.6 Å². The van der Waals surface area contributed by atoms with Gasteiger partial charge >= 0.3 is 5.97 Å². The second kappa shape index (κ2) is 9.27. The Morgan fingerprint density at radius 2 is 2.07 bits per heavy atom. The molecule has 2 atom stereocenters. The van der Waals surface area contributed by atoms with E-state index in [0.717, 1.165) is 18.4 Å². The number of aryl methyl sites for hydroxylation is 1. The van der Waals surface area contributed by atoms with E-state index in [0.29, 0.717) is 36.1 Å². The normalized spacial score (nSPS) is 17.3. The topological polar surface area (TPSA) is 67.8 Å². The summed E-state index contributed by atoms with van der Waals surface area (Å²) in [5.74, 6) is 0.347. The van der Waals surface area contributed by atoms with E-state index in [1.165, 1.54) is 16.7 Å². The van der Waals surface area contributed by atoms with Crippen molar-refractivity contribution >= 4 is 17.6 Å². The van der Waals surface area contributed by atoms with Crippen LogP contribution in [0.2, 0.25) is 5.02 Å². The molecule has 0 saturated carbocycles. The molecule has 0 radical (unpaired) electrons. The minimum Gasteiger partial charge on any atom is -0.493 e. The highest BCUT2D eigenvalue weighted by Crippen LogP contribution is 2.40. The van der Waals surface area contributed by atoms with Crippen LogP contribution in [0.15, 0.2) is 30.3 Å². The molecule has 0 bridgehead atoms. The van der Waals surface area contributed by atoms with Gasteiger partial charge in [-0.15, -0.1) is 0 Å². The number of carbonyl (C=O) groups is 1. The van der Waals surface area contributed by atoms with E-state index in [1.807, 2.05) is 19.9 Å². The first-order chi connectivity index (χ1) is 14.3. The van der Waals surface area contributed by atoms with Crippen molar-refractivity contribution in [2.24, 2.45) is 0 Å². The van der Waals surface area contributed by atoms with Crippen LogP contribution in [0, 0.1) is 6.92 Å². The van der Waals surface area contributed by atoms with Crippen molar-refractivity contribution in [3.05, 3.63) is 57.6 Å². The maximum absolute atomic E-state index is 11.6. The van der Waals surface area contributed by atoms with Crippen LogP contribution in [-0.2, 0) is 17.8 Å². The molecule has 0 saturated heterocycles. The van der Waals surface area contributed by atoms with Crippen LogP contribution in [0.3, 0.4) is 0 Å². The van der Waals surface area contributed by atoms with E-state index in [2.05, 4.69) is 30.4 Å². The molecular formula is C24H30ClNO4. The second-order valence-corrected chi connectivity index (χ2v) is 8.36. The summed E-state index contributed by atoms with van der Waals surface area (Å²) in [7, 11) is 0. The Bertz CT molecular complexity index is 930. The maximum Gasteiger partial charge on any atom is 0.323 e. The van der Waals surface area contributed by atoms with Gasteiger partial charge < -0.3 is 14.6 Å². The number of halogens is 1. The van der Waals surface area contributed by atoms with E-state index in [-0.39, 0.29) is 6.10 Å². The average Bonchev–Trinajstić information content (AvgIpc) is 3.13. The Kier molecular flexibility index (Phi) is 6.94. The molecule has 0 fully saturated rings. The van der Waals surface area contributed by atoms with Crippen molar-refractivity contribution in [2.75, 3.05) is 6.61 Å². The number of hydrogen-bond donors (Lipinski definition) is 2. The van der Waals surface area contributed by atoms with Crippen molar-refractivity contribution in [3.8, 4) is 11.5 Å². The first-order valence-corrected chi connectivity index (χ1v) is 10.9. The van der Waals surface area contributed by atoms with Gasteiger partial charge in [0.2, 0.25) is 0 Å². The summed E-state index contributed by atoms with van der Waals surface area (Å²) in [6.07, 6.45) is 2.33. The standard InChI is InChI=1S/C24H30ClNO4/c1-5-24(4,23(27)28)26-14-16-12-19(25)22(13-21(16)29-6-2)30-20-11-10-17-15(3)8-7-9-18(17)20/h7-9,12-13,20,26H,5-6,10-11,14H2,1-4H3,(H,27,28)/t20-,24-/m0/s1. The highest BCUT2D eigenvalue weighted by atomic mass is 35.5. The minimum atomic E-state index is -1.02.